The van der Waals surface area contributed by atoms with E-state index in [4.69, 9.17) is 4.65 Å². The van der Waals surface area contributed by atoms with Crippen LogP contribution in [0.25, 0.3) is 0 Å². The van der Waals surface area contributed by atoms with Crippen molar-refractivity contribution in [1.82, 2.24) is 0 Å². The number of thioether (sulfide) groups is 1. The standard InChI is InChI=1S/C15H31BOS/c1-7-10-12-16(13-11-8-2)17-14(9-3)18-15(4,5)6/h9H,7-8,10-13H2,1-6H3/b14-9+. The van der Waals surface area contributed by atoms with E-state index in [9.17, 15) is 0 Å². The van der Waals surface area contributed by atoms with Gasteiger partial charge >= 0.3 is 6.92 Å². The Kier molecular flexibility index (Phi) is 9.80. The lowest BCUT2D eigenvalue weighted by Crippen LogP contribution is -2.19. The number of hydrogen-bond acceptors (Lipinski definition) is 2. The Bertz CT molecular complexity index is 225. The Morgan fingerprint density at radius 1 is 1.11 bits per heavy atom. The summed E-state index contributed by atoms with van der Waals surface area (Å²) in [5.74, 6) is 0. The van der Waals surface area contributed by atoms with E-state index in [1.54, 1.807) is 0 Å². The van der Waals surface area contributed by atoms with Gasteiger partial charge in [-0.2, -0.15) is 0 Å². The van der Waals surface area contributed by atoms with E-state index in [0.717, 1.165) is 5.09 Å². The highest BCUT2D eigenvalue weighted by molar-refractivity contribution is 8.04. The molecule has 0 unspecified atom stereocenters. The van der Waals surface area contributed by atoms with E-state index in [1.807, 2.05) is 11.8 Å². The van der Waals surface area contributed by atoms with Crippen molar-refractivity contribution in [3.8, 4) is 0 Å². The topological polar surface area (TPSA) is 9.23 Å². The van der Waals surface area contributed by atoms with Crippen LogP contribution >= 0.6 is 11.8 Å². The summed E-state index contributed by atoms with van der Waals surface area (Å²) in [6.07, 6.45) is 9.54. The summed E-state index contributed by atoms with van der Waals surface area (Å²) < 4.78 is 6.43. The van der Waals surface area contributed by atoms with Crippen LogP contribution in [0.3, 0.4) is 0 Å². The third-order valence-electron chi connectivity index (χ3n) is 2.68. The summed E-state index contributed by atoms with van der Waals surface area (Å²) >= 11 is 1.84. The maximum Gasteiger partial charge on any atom is 0.358 e. The molecule has 0 aliphatic rings. The van der Waals surface area contributed by atoms with Crippen LogP contribution < -0.4 is 0 Å². The SMILES string of the molecule is C/C=C(\OB(CCCC)CCCC)SC(C)(C)C. The van der Waals surface area contributed by atoms with E-state index in [-0.39, 0.29) is 4.75 Å². The van der Waals surface area contributed by atoms with Crippen LogP contribution in [0.1, 0.15) is 67.2 Å². The zero-order valence-corrected chi connectivity index (χ0v) is 14.0. The Labute approximate surface area is 119 Å². The molecule has 0 aromatic carbocycles. The maximum atomic E-state index is 6.20. The number of unbranched alkanes of at least 4 members (excludes halogenated alkanes) is 2. The fourth-order valence-corrected chi connectivity index (χ4v) is 2.65. The van der Waals surface area contributed by atoms with Crippen LogP contribution in [0.4, 0.5) is 0 Å². The second kappa shape index (κ2) is 9.83. The monoisotopic (exact) mass is 270 g/mol. The zero-order chi connectivity index (χ0) is 14.0. The average molecular weight is 270 g/mol. The quantitative estimate of drug-likeness (QED) is 0.376. The number of hydrogen-bond donors (Lipinski definition) is 0. The van der Waals surface area contributed by atoms with Crippen LogP contribution in [-0.4, -0.2) is 11.7 Å². The predicted octanol–water partition coefficient (Wildman–Crippen LogP) is 5.99. The summed E-state index contributed by atoms with van der Waals surface area (Å²) in [7, 11) is 0. The molecule has 18 heavy (non-hydrogen) atoms. The van der Waals surface area contributed by atoms with Gasteiger partial charge in [0.05, 0.1) is 0 Å². The first-order valence-corrected chi connectivity index (χ1v) is 8.26. The molecule has 0 saturated heterocycles. The van der Waals surface area contributed by atoms with Crippen molar-refractivity contribution in [2.24, 2.45) is 0 Å². The van der Waals surface area contributed by atoms with Crippen LogP contribution in [-0.2, 0) is 4.65 Å². The van der Waals surface area contributed by atoms with Gasteiger partial charge in [0.1, 0.15) is 5.09 Å². The van der Waals surface area contributed by atoms with Crippen molar-refractivity contribution in [1.29, 1.82) is 0 Å². The molecule has 0 aliphatic carbocycles. The lowest BCUT2D eigenvalue weighted by atomic mass is 9.59. The molecule has 0 aromatic heterocycles. The first-order chi connectivity index (χ1) is 8.42. The Balaban J connectivity index is 4.32. The van der Waals surface area contributed by atoms with E-state index in [2.05, 4.69) is 47.6 Å². The van der Waals surface area contributed by atoms with E-state index in [0.29, 0.717) is 6.92 Å². The Hall–Kier alpha value is -0.0451. The third-order valence-corrected chi connectivity index (χ3v) is 3.83. The highest BCUT2D eigenvalue weighted by Crippen LogP contribution is 2.33. The van der Waals surface area contributed by atoms with Crippen molar-refractivity contribution >= 4 is 18.7 Å². The fraction of sp³-hybridized carbons (Fsp3) is 0.867. The molecule has 0 rings (SSSR count). The lowest BCUT2D eigenvalue weighted by molar-refractivity contribution is 0.462. The number of allylic oxidation sites excluding steroid dienone is 1. The second-order valence-corrected chi connectivity index (χ2v) is 7.68. The second-order valence-electron chi connectivity index (χ2n) is 5.85. The van der Waals surface area contributed by atoms with Gasteiger partial charge < -0.3 is 4.65 Å². The van der Waals surface area contributed by atoms with Crippen molar-refractivity contribution in [2.45, 2.75) is 84.6 Å². The van der Waals surface area contributed by atoms with E-state index < -0.39 is 0 Å². The molecule has 0 atom stereocenters. The highest BCUT2D eigenvalue weighted by atomic mass is 32.2. The van der Waals surface area contributed by atoms with Crippen molar-refractivity contribution in [2.75, 3.05) is 0 Å². The minimum Gasteiger partial charge on any atom is -0.557 e. The molecule has 0 aliphatic heterocycles. The van der Waals surface area contributed by atoms with Crippen LogP contribution in [0.2, 0.25) is 12.6 Å². The summed E-state index contributed by atoms with van der Waals surface area (Å²) in [6, 6.07) is 0. The fourth-order valence-electron chi connectivity index (χ4n) is 1.74. The van der Waals surface area contributed by atoms with Crippen LogP contribution in [0, 0.1) is 0 Å². The maximum absolute atomic E-state index is 6.20. The van der Waals surface area contributed by atoms with E-state index >= 15 is 0 Å². The molecule has 3 heteroatoms. The van der Waals surface area contributed by atoms with Gasteiger partial charge in [0, 0.05) is 4.75 Å². The molecule has 0 heterocycles. The minimum absolute atomic E-state index is 0.224. The van der Waals surface area contributed by atoms with Gasteiger partial charge in [-0.1, -0.05) is 72.1 Å². The summed E-state index contributed by atoms with van der Waals surface area (Å²) in [6.45, 7) is 13.7. The zero-order valence-electron chi connectivity index (χ0n) is 13.2. The average Bonchev–Trinajstić information content (AvgIpc) is 2.29. The van der Waals surface area contributed by atoms with Gasteiger partial charge in [-0.25, -0.2) is 0 Å². The molecule has 0 fully saturated rings. The van der Waals surface area contributed by atoms with Crippen molar-refractivity contribution in [3.63, 3.8) is 0 Å². The van der Waals surface area contributed by atoms with Gasteiger partial charge in [-0.15, -0.1) is 0 Å². The molecular formula is C15H31BOS. The van der Waals surface area contributed by atoms with Crippen LogP contribution in [0.5, 0.6) is 0 Å². The summed E-state index contributed by atoms with van der Waals surface area (Å²) in [4.78, 5) is 0. The van der Waals surface area contributed by atoms with E-state index in [1.165, 1.54) is 38.3 Å². The van der Waals surface area contributed by atoms with Crippen molar-refractivity contribution in [3.05, 3.63) is 11.2 Å². The van der Waals surface area contributed by atoms with Gasteiger partial charge in [-0.3, -0.25) is 0 Å². The summed E-state index contributed by atoms with van der Waals surface area (Å²) in [5.41, 5.74) is 0. The molecule has 1 nitrogen and oxygen atoms in total. The Morgan fingerprint density at radius 2 is 1.61 bits per heavy atom. The van der Waals surface area contributed by atoms with Crippen molar-refractivity contribution < 1.29 is 4.65 Å². The van der Waals surface area contributed by atoms with Gasteiger partial charge in [-0.05, 0) is 25.6 Å². The largest absolute Gasteiger partial charge is 0.557 e. The van der Waals surface area contributed by atoms with Gasteiger partial charge in [0.25, 0.3) is 0 Å². The first kappa shape index (κ1) is 18.0. The molecule has 0 spiro atoms. The molecule has 0 N–H and O–H groups in total. The molecule has 0 bridgehead atoms. The predicted molar refractivity (Wildman–Crippen MR) is 87.4 cm³/mol. The summed E-state index contributed by atoms with van der Waals surface area (Å²) in [5, 5.41) is 1.10. The molecule has 0 radical (unpaired) electrons. The number of rotatable bonds is 9. The molecule has 0 aromatic rings. The molecule has 106 valence electrons. The normalized spacial score (nSPS) is 12.7. The smallest absolute Gasteiger partial charge is 0.358 e. The Morgan fingerprint density at radius 3 is 1.94 bits per heavy atom. The molecule has 0 amide bonds. The van der Waals surface area contributed by atoms with Gasteiger partial charge in [0.15, 0.2) is 0 Å². The van der Waals surface area contributed by atoms with Gasteiger partial charge in [0.2, 0.25) is 0 Å². The van der Waals surface area contributed by atoms with Crippen LogP contribution in [0.15, 0.2) is 11.2 Å². The highest BCUT2D eigenvalue weighted by Gasteiger charge is 2.21. The third kappa shape index (κ3) is 9.93. The lowest BCUT2D eigenvalue weighted by Gasteiger charge is -2.23. The minimum atomic E-state index is 0.224. The molecular weight excluding hydrogens is 239 g/mol. The molecule has 0 saturated carbocycles. The first-order valence-electron chi connectivity index (χ1n) is 7.44.